The molecule has 0 spiro atoms. The molecule has 6 heteroatoms. The van der Waals surface area contributed by atoms with Gasteiger partial charge < -0.3 is 15.1 Å². The van der Waals surface area contributed by atoms with Gasteiger partial charge in [-0.2, -0.15) is 0 Å². The molecule has 27 heavy (non-hydrogen) atoms. The van der Waals surface area contributed by atoms with Crippen molar-refractivity contribution in [1.82, 2.24) is 15.1 Å². The third-order valence-corrected chi connectivity index (χ3v) is 6.39. The van der Waals surface area contributed by atoms with Crippen LogP contribution >= 0.6 is 24.0 Å². The van der Waals surface area contributed by atoms with E-state index in [2.05, 4.69) is 26.2 Å². The first-order valence-corrected chi connectivity index (χ1v) is 10.1. The van der Waals surface area contributed by atoms with E-state index in [0.29, 0.717) is 0 Å². The maximum atomic E-state index is 13.6. The van der Waals surface area contributed by atoms with Gasteiger partial charge in [-0.05, 0) is 68.8 Å². The van der Waals surface area contributed by atoms with E-state index in [1.165, 1.54) is 45.0 Å². The van der Waals surface area contributed by atoms with Gasteiger partial charge in [-0.3, -0.25) is 4.99 Å². The lowest BCUT2D eigenvalue weighted by molar-refractivity contribution is 0.281. The SMILES string of the molecule is CN=C(NCC1(c2cccc(F)c2)CC1)N1CCC(CN2CCCC2)C1.I. The molecule has 1 saturated carbocycles. The van der Waals surface area contributed by atoms with Crippen molar-refractivity contribution in [3.8, 4) is 0 Å². The smallest absolute Gasteiger partial charge is 0.193 e. The Balaban J connectivity index is 0.00000210. The Bertz CT molecular complexity index is 655. The molecule has 3 fully saturated rings. The molecule has 1 aliphatic carbocycles. The van der Waals surface area contributed by atoms with Gasteiger partial charge in [0.05, 0.1) is 0 Å². The van der Waals surface area contributed by atoms with Crippen molar-refractivity contribution in [3.63, 3.8) is 0 Å². The minimum Gasteiger partial charge on any atom is -0.355 e. The molecule has 3 aliphatic rings. The van der Waals surface area contributed by atoms with E-state index in [-0.39, 0.29) is 35.2 Å². The monoisotopic (exact) mass is 486 g/mol. The molecule has 1 aromatic carbocycles. The summed E-state index contributed by atoms with van der Waals surface area (Å²) in [5.74, 6) is 1.63. The third kappa shape index (κ3) is 4.94. The van der Waals surface area contributed by atoms with E-state index in [9.17, 15) is 4.39 Å². The van der Waals surface area contributed by atoms with Crippen molar-refractivity contribution in [1.29, 1.82) is 0 Å². The van der Waals surface area contributed by atoms with Gasteiger partial charge in [-0.15, -0.1) is 24.0 Å². The fourth-order valence-electron chi connectivity index (χ4n) is 4.62. The van der Waals surface area contributed by atoms with Crippen LogP contribution in [0.3, 0.4) is 0 Å². The van der Waals surface area contributed by atoms with Crippen LogP contribution in [0.5, 0.6) is 0 Å². The molecule has 2 aliphatic heterocycles. The summed E-state index contributed by atoms with van der Waals surface area (Å²) >= 11 is 0. The summed E-state index contributed by atoms with van der Waals surface area (Å²) in [7, 11) is 1.87. The number of halogens is 2. The molecule has 4 rings (SSSR count). The molecule has 0 bridgehead atoms. The Labute approximate surface area is 179 Å². The van der Waals surface area contributed by atoms with Crippen LogP contribution in [0.4, 0.5) is 4.39 Å². The summed E-state index contributed by atoms with van der Waals surface area (Å²) in [4.78, 5) is 9.55. The normalized spacial score (nSPS) is 24.7. The molecule has 1 unspecified atom stereocenters. The molecule has 2 heterocycles. The van der Waals surface area contributed by atoms with Gasteiger partial charge >= 0.3 is 0 Å². The van der Waals surface area contributed by atoms with Crippen LogP contribution < -0.4 is 5.32 Å². The van der Waals surface area contributed by atoms with Crippen molar-refractivity contribution in [2.24, 2.45) is 10.9 Å². The summed E-state index contributed by atoms with van der Waals surface area (Å²) in [6.07, 6.45) is 6.23. The van der Waals surface area contributed by atoms with Crippen LogP contribution in [0.2, 0.25) is 0 Å². The highest BCUT2D eigenvalue weighted by molar-refractivity contribution is 14.0. The van der Waals surface area contributed by atoms with E-state index >= 15 is 0 Å². The molecule has 0 aromatic heterocycles. The summed E-state index contributed by atoms with van der Waals surface area (Å²) < 4.78 is 13.6. The van der Waals surface area contributed by atoms with E-state index in [0.717, 1.165) is 49.9 Å². The standard InChI is InChI=1S/C21H31FN4.HI/c1-23-20(26-12-7-17(15-26)14-25-10-2-3-11-25)24-16-21(8-9-21)18-5-4-6-19(22)13-18;/h4-6,13,17H,2-3,7-12,14-16H2,1H3,(H,23,24);1H. The largest absolute Gasteiger partial charge is 0.355 e. The van der Waals surface area contributed by atoms with Gasteiger partial charge in [0.25, 0.3) is 0 Å². The van der Waals surface area contributed by atoms with Gasteiger partial charge in [0, 0.05) is 38.6 Å². The first kappa shape index (κ1) is 20.8. The summed E-state index contributed by atoms with van der Waals surface area (Å²) in [6.45, 7) is 6.82. The number of hydrogen-bond acceptors (Lipinski definition) is 2. The number of aliphatic imine (C=N–C) groups is 1. The lowest BCUT2D eigenvalue weighted by atomic mass is 9.96. The van der Waals surface area contributed by atoms with Gasteiger partial charge in [0.2, 0.25) is 0 Å². The minimum atomic E-state index is -0.137. The summed E-state index contributed by atoms with van der Waals surface area (Å²) in [5, 5.41) is 3.59. The Morgan fingerprint density at radius 3 is 2.70 bits per heavy atom. The highest BCUT2D eigenvalue weighted by Crippen LogP contribution is 2.47. The zero-order chi connectivity index (χ0) is 18.0. The van der Waals surface area contributed by atoms with Crippen molar-refractivity contribution in [3.05, 3.63) is 35.6 Å². The van der Waals surface area contributed by atoms with E-state index in [1.54, 1.807) is 6.07 Å². The zero-order valence-electron chi connectivity index (χ0n) is 16.3. The highest BCUT2D eigenvalue weighted by atomic mass is 127. The predicted octanol–water partition coefficient (Wildman–Crippen LogP) is 3.47. The second kappa shape index (κ2) is 9.07. The van der Waals surface area contributed by atoms with Gasteiger partial charge in [-0.1, -0.05) is 12.1 Å². The van der Waals surface area contributed by atoms with E-state index in [4.69, 9.17) is 0 Å². The quantitative estimate of drug-likeness (QED) is 0.393. The molecule has 1 atom stereocenters. The van der Waals surface area contributed by atoms with Crippen LogP contribution in [0.25, 0.3) is 0 Å². The van der Waals surface area contributed by atoms with Crippen LogP contribution in [0.1, 0.15) is 37.7 Å². The second-order valence-electron chi connectivity index (χ2n) is 8.30. The van der Waals surface area contributed by atoms with Crippen LogP contribution in [-0.4, -0.2) is 62.1 Å². The highest BCUT2D eigenvalue weighted by Gasteiger charge is 2.44. The molecule has 1 N–H and O–H groups in total. The van der Waals surface area contributed by atoms with Crippen molar-refractivity contribution in [2.75, 3.05) is 46.3 Å². The lowest BCUT2D eigenvalue weighted by Gasteiger charge is -2.25. The number of guanidine groups is 1. The average molecular weight is 486 g/mol. The molecule has 150 valence electrons. The van der Waals surface area contributed by atoms with Crippen LogP contribution in [0.15, 0.2) is 29.3 Å². The first-order valence-electron chi connectivity index (χ1n) is 10.1. The van der Waals surface area contributed by atoms with Gasteiger partial charge in [-0.25, -0.2) is 4.39 Å². The van der Waals surface area contributed by atoms with Gasteiger partial charge in [0.15, 0.2) is 5.96 Å². The number of likely N-dealkylation sites (tertiary alicyclic amines) is 2. The summed E-state index contributed by atoms with van der Waals surface area (Å²) in [5.41, 5.74) is 1.21. The molecule has 2 saturated heterocycles. The Hall–Kier alpha value is -0.890. The lowest BCUT2D eigenvalue weighted by Crippen LogP contribution is -2.43. The predicted molar refractivity (Wildman–Crippen MR) is 119 cm³/mol. The fraction of sp³-hybridized carbons (Fsp3) is 0.667. The Kier molecular flexibility index (Phi) is 7.00. The number of benzene rings is 1. The fourth-order valence-corrected chi connectivity index (χ4v) is 4.62. The average Bonchev–Trinajstić information content (AvgIpc) is 3.03. The number of nitrogens with one attached hydrogen (secondary N) is 1. The molecular formula is C21H32FIN4. The van der Waals surface area contributed by atoms with Crippen molar-refractivity contribution in [2.45, 2.75) is 37.5 Å². The summed E-state index contributed by atoms with van der Waals surface area (Å²) in [6, 6.07) is 7.10. The second-order valence-corrected chi connectivity index (χ2v) is 8.30. The Morgan fingerprint density at radius 2 is 2.04 bits per heavy atom. The van der Waals surface area contributed by atoms with Crippen LogP contribution in [-0.2, 0) is 5.41 Å². The first-order chi connectivity index (χ1) is 12.7. The third-order valence-electron chi connectivity index (χ3n) is 6.39. The van der Waals surface area contributed by atoms with Crippen molar-refractivity contribution < 1.29 is 4.39 Å². The topological polar surface area (TPSA) is 30.9 Å². The number of nitrogens with zero attached hydrogens (tertiary/aromatic N) is 3. The van der Waals surface area contributed by atoms with E-state index < -0.39 is 0 Å². The maximum absolute atomic E-state index is 13.6. The molecule has 4 nitrogen and oxygen atoms in total. The van der Waals surface area contributed by atoms with Crippen molar-refractivity contribution >= 4 is 29.9 Å². The van der Waals surface area contributed by atoms with Gasteiger partial charge in [0.1, 0.15) is 5.82 Å². The minimum absolute atomic E-state index is 0. The molecule has 0 radical (unpaired) electrons. The molecule has 1 aromatic rings. The zero-order valence-corrected chi connectivity index (χ0v) is 18.6. The van der Waals surface area contributed by atoms with Crippen LogP contribution in [0, 0.1) is 11.7 Å². The Morgan fingerprint density at radius 1 is 1.26 bits per heavy atom. The molecule has 0 amide bonds. The number of rotatable bonds is 5. The maximum Gasteiger partial charge on any atom is 0.193 e. The molecular weight excluding hydrogens is 454 g/mol. The number of hydrogen-bond donors (Lipinski definition) is 1. The van der Waals surface area contributed by atoms with E-state index in [1.807, 2.05) is 13.1 Å².